The highest BCUT2D eigenvalue weighted by Crippen LogP contribution is 2.21. The second kappa shape index (κ2) is 9.05. The Morgan fingerprint density at radius 1 is 1.18 bits per heavy atom. The number of carbonyl (C=O) groups is 1. The van der Waals surface area contributed by atoms with Gasteiger partial charge in [0, 0.05) is 0 Å². The Bertz CT molecular complexity index is 969. The van der Waals surface area contributed by atoms with Crippen molar-refractivity contribution in [2.75, 3.05) is 13.7 Å². The first-order valence-corrected chi connectivity index (χ1v) is 8.85. The molecule has 7 nitrogen and oxygen atoms in total. The molecular weight excluding hydrogens is 380 g/mol. The molecule has 0 aliphatic carbocycles. The lowest BCUT2D eigenvalue weighted by Gasteiger charge is -2.05. The van der Waals surface area contributed by atoms with E-state index in [1.165, 1.54) is 6.21 Å². The van der Waals surface area contributed by atoms with Gasteiger partial charge >= 0.3 is 0 Å². The predicted octanol–water partition coefficient (Wildman–Crippen LogP) is 3.37. The lowest BCUT2D eigenvalue weighted by Crippen LogP contribution is -2.24. The smallest absolute Gasteiger partial charge is 0.277 e. The molecule has 1 heterocycles. The van der Waals surface area contributed by atoms with E-state index in [-0.39, 0.29) is 6.61 Å². The number of hydrazone groups is 1. The number of carbonyl (C=O) groups excluding carboxylic acids is 1. The van der Waals surface area contributed by atoms with Gasteiger partial charge < -0.3 is 9.47 Å². The Morgan fingerprint density at radius 3 is 2.54 bits per heavy atom. The number of aromatic nitrogens is 2. The lowest BCUT2D eigenvalue weighted by molar-refractivity contribution is -0.123. The molecule has 144 valence electrons. The molecule has 0 atom stereocenters. The fourth-order valence-electron chi connectivity index (χ4n) is 2.42. The van der Waals surface area contributed by atoms with Crippen LogP contribution >= 0.6 is 11.6 Å². The van der Waals surface area contributed by atoms with E-state index in [1.807, 2.05) is 37.3 Å². The van der Waals surface area contributed by atoms with E-state index in [0.717, 1.165) is 5.69 Å². The number of benzene rings is 2. The summed E-state index contributed by atoms with van der Waals surface area (Å²) in [5, 5.41) is 8.77. The third kappa shape index (κ3) is 4.69. The number of hydrogen-bond donors (Lipinski definition) is 1. The van der Waals surface area contributed by atoms with Crippen molar-refractivity contribution >= 4 is 23.7 Å². The second-order valence-electron chi connectivity index (χ2n) is 5.79. The van der Waals surface area contributed by atoms with Crippen LogP contribution in [0.15, 0.2) is 59.7 Å². The van der Waals surface area contributed by atoms with Gasteiger partial charge in [-0.2, -0.15) is 10.2 Å². The summed E-state index contributed by atoms with van der Waals surface area (Å²) in [5.74, 6) is 0.879. The van der Waals surface area contributed by atoms with E-state index in [9.17, 15) is 4.79 Å². The highest BCUT2D eigenvalue weighted by atomic mass is 35.5. The first-order valence-electron chi connectivity index (χ1n) is 8.48. The number of rotatable bonds is 7. The van der Waals surface area contributed by atoms with Crippen LogP contribution in [0.4, 0.5) is 0 Å². The monoisotopic (exact) mass is 398 g/mol. The van der Waals surface area contributed by atoms with Crippen molar-refractivity contribution in [2.24, 2.45) is 5.10 Å². The molecule has 0 spiro atoms. The minimum absolute atomic E-state index is 0.167. The fraction of sp³-hybridized carbons (Fsp3) is 0.150. The van der Waals surface area contributed by atoms with E-state index in [0.29, 0.717) is 27.9 Å². The highest BCUT2D eigenvalue weighted by molar-refractivity contribution is 6.32. The average molecular weight is 399 g/mol. The zero-order chi connectivity index (χ0) is 19.9. The predicted molar refractivity (Wildman–Crippen MR) is 108 cm³/mol. The van der Waals surface area contributed by atoms with Crippen molar-refractivity contribution in [3.8, 4) is 17.2 Å². The summed E-state index contributed by atoms with van der Waals surface area (Å²) < 4.78 is 12.1. The van der Waals surface area contributed by atoms with Crippen LogP contribution in [0.3, 0.4) is 0 Å². The maximum atomic E-state index is 11.9. The van der Waals surface area contributed by atoms with Gasteiger partial charge in [-0.15, -0.1) is 0 Å². The number of methoxy groups -OCH3 is 1. The van der Waals surface area contributed by atoms with Gasteiger partial charge in [-0.25, -0.2) is 10.1 Å². The zero-order valence-corrected chi connectivity index (χ0v) is 16.2. The van der Waals surface area contributed by atoms with E-state index in [4.69, 9.17) is 21.1 Å². The van der Waals surface area contributed by atoms with Gasteiger partial charge in [0.25, 0.3) is 5.91 Å². The Kier molecular flexibility index (Phi) is 6.29. The van der Waals surface area contributed by atoms with Gasteiger partial charge in [-0.3, -0.25) is 4.79 Å². The number of amides is 1. The van der Waals surface area contributed by atoms with E-state index in [2.05, 4.69) is 15.6 Å². The number of halogens is 1. The molecule has 0 bridgehead atoms. The van der Waals surface area contributed by atoms with Gasteiger partial charge in [0.05, 0.1) is 30.3 Å². The Hall–Kier alpha value is -3.32. The van der Waals surface area contributed by atoms with E-state index < -0.39 is 5.91 Å². The summed E-state index contributed by atoms with van der Waals surface area (Å²) in [6.07, 6.45) is 1.47. The topological polar surface area (TPSA) is 77.7 Å². The summed E-state index contributed by atoms with van der Waals surface area (Å²) in [6, 6.07) is 16.5. The molecule has 0 aliphatic heterocycles. The van der Waals surface area contributed by atoms with Gasteiger partial charge in [0.1, 0.15) is 16.7 Å². The Morgan fingerprint density at radius 2 is 1.86 bits per heavy atom. The molecule has 0 saturated carbocycles. The number of hydrogen-bond acceptors (Lipinski definition) is 5. The van der Waals surface area contributed by atoms with Crippen LogP contribution in [0.25, 0.3) is 5.69 Å². The fourth-order valence-corrected chi connectivity index (χ4v) is 2.74. The summed E-state index contributed by atoms with van der Waals surface area (Å²) in [7, 11) is 1.58. The van der Waals surface area contributed by atoms with Crippen molar-refractivity contribution in [1.82, 2.24) is 15.2 Å². The van der Waals surface area contributed by atoms with Crippen LogP contribution < -0.4 is 14.9 Å². The normalized spacial score (nSPS) is 10.8. The van der Waals surface area contributed by atoms with Gasteiger partial charge in [0.15, 0.2) is 6.61 Å². The van der Waals surface area contributed by atoms with E-state index in [1.54, 1.807) is 36.1 Å². The van der Waals surface area contributed by atoms with Crippen molar-refractivity contribution < 1.29 is 14.3 Å². The molecule has 2 aromatic carbocycles. The summed E-state index contributed by atoms with van der Waals surface area (Å²) in [5.41, 5.74) is 4.57. The third-order valence-corrected chi connectivity index (χ3v) is 4.22. The molecule has 28 heavy (non-hydrogen) atoms. The van der Waals surface area contributed by atoms with Crippen LogP contribution in [0, 0.1) is 6.92 Å². The number of aryl methyl sites for hydroxylation is 1. The molecular formula is C20H19ClN4O3. The number of para-hydroxylation sites is 1. The molecule has 3 aromatic rings. The molecule has 1 N–H and O–H groups in total. The quantitative estimate of drug-likeness (QED) is 0.489. The molecule has 0 unspecified atom stereocenters. The highest BCUT2D eigenvalue weighted by Gasteiger charge is 2.13. The summed E-state index contributed by atoms with van der Waals surface area (Å²) in [4.78, 5) is 11.9. The molecule has 1 amide bonds. The van der Waals surface area contributed by atoms with Crippen LogP contribution in [-0.2, 0) is 4.79 Å². The molecule has 3 rings (SSSR count). The van der Waals surface area contributed by atoms with Crippen molar-refractivity contribution in [2.45, 2.75) is 6.92 Å². The average Bonchev–Trinajstić information content (AvgIpc) is 3.01. The molecule has 0 aliphatic rings. The Balaban J connectivity index is 1.58. The first-order chi connectivity index (χ1) is 13.6. The third-order valence-electron chi connectivity index (χ3n) is 3.86. The van der Waals surface area contributed by atoms with Gasteiger partial charge in [-0.05, 0) is 43.3 Å². The summed E-state index contributed by atoms with van der Waals surface area (Å²) >= 11 is 6.41. The maximum Gasteiger partial charge on any atom is 0.277 e. The molecule has 8 heteroatoms. The van der Waals surface area contributed by atoms with Crippen LogP contribution in [0.2, 0.25) is 5.15 Å². The Labute approximate surface area is 167 Å². The largest absolute Gasteiger partial charge is 0.497 e. The van der Waals surface area contributed by atoms with Gasteiger partial charge in [-0.1, -0.05) is 29.8 Å². The number of nitrogens with zero attached hydrogens (tertiary/aromatic N) is 3. The van der Waals surface area contributed by atoms with Crippen molar-refractivity contribution in [3.05, 3.63) is 71.0 Å². The lowest BCUT2D eigenvalue weighted by atomic mass is 10.3. The zero-order valence-electron chi connectivity index (χ0n) is 15.4. The van der Waals surface area contributed by atoms with E-state index >= 15 is 0 Å². The molecule has 0 radical (unpaired) electrons. The van der Waals surface area contributed by atoms with Gasteiger partial charge in [0.2, 0.25) is 0 Å². The summed E-state index contributed by atoms with van der Waals surface area (Å²) in [6.45, 7) is 1.65. The molecule has 1 aromatic heterocycles. The SMILES string of the molecule is COc1ccc(OCC(=O)NN=Cc2c(C)nn(-c3ccccc3)c2Cl)cc1. The standard InChI is InChI=1S/C20H19ClN4O3/c1-14-18(20(21)25(24-14)15-6-4-3-5-7-15)12-22-23-19(26)13-28-17-10-8-16(27-2)9-11-17/h3-12H,13H2,1-2H3,(H,23,26). The minimum Gasteiger partial charge on any atom is -0.497 e. The second-order valence-corrected chi connectivity index (χ2v) is 6.15. The minimum atomic E-state index is -0.392. The van der Waals surface area contributed by atoms with Crippen LogP contribution in [0.5, 0.6) is 11.5 Å². The van der Waals surface area contributed by atoms with Crippen molar-refractivity contribution in [1.29, 1.82) is 0 Å². The molecule has 0 fully saturated rings. The number of nitrogens with one attached hydrogen (secondary N) is 1. The first kappa shape index (κ1) is 19.4. The number of ether oxygens (including phenoxy) is 2. The van der Waals surface area contributed by atoms with Crippen molar-refractivity contribution in [3.63, 3.8) is 0 Å². The van der Waals surface area contributed by atoms with Crippen LogP contribution in [0.1, 0.15) is 11.3 Å². The maximum absolute atomic E-state index is 11.9. The molecule has 0 saturated heterocycles. The van der Waals surface area contributed by atoms with Crippen LogP contribution in [-0.4, -0.2) is 35.6 Å².